The highest BCUT2D eigenvalue weighted by Crippen LogP contribution is 2.57. The van der Waals surface area contributed by atoms with Crippen molar-refractivity contribution in [2.24, 2.45) is 5.73 Å². The molecule has 83 heavy (non-hydrogen) atoms. The zero-order valence-corrected chi connectivity index (χ0v) is 52.7. The highest BCUT2D eigenvalue weighted by atomic mass is 16.5. The second-order valence-corrected chi connectivity index (χ2v) is 25.2. The van der Waals surface area contributed by atoms with Crippen molar-refractivity contribution >= 4 is 11.8 Å². The molecule has 5 aromatic rings. The molecule has 5 unspecified atom stereocenters. The summed E-state index contributed by atoms with van der Waals surface area (Å²) in [6.45, 7) is 24.1. The van der Waals surface area contributed by atoms with Crippen molar-refractivity contribution in [3.8, 4) is 28.0 Å². The Morgan fingerprint density at radius 2 is 1.18 bits per heavy atom. The lowest BCUT2D eigenvalue weighted by Gasteiger charge is -2.37. The van der Waals surface area contributed by atoms with Gasteiger partial charge in [-0.1, -0.05) is 146 Å². The van der Waals surface area contributed by atoms with E-state index in [0.29, 0.717) is 39.5 Å². The number of nitrogens with one attached hydrogen (secondary N) is 2. The van der Waals surface area contributed by atoms with E-state index in [1.807, 2.05) is 7.11 Å². The Morgan fingerprint density at radius 1 is 0.602 bits per heavy atom. The van der Waals surface area contributed by atoms with Crippen molar-refractivity contribution in [2.75, 3.05) is 53.7 Å². The Labute approximate surface area is 500 Å². The molecule has 4 N–H and O–H groups in total. The van der Waals surface area contributed by atoms with E-state index in [9.17, 15) is 9.59 Å². The van der Waals surface area contributed by atoms with Gasteiger partial charge in [0.05, 0.1) is 30.5 Å². The van der Waals surface area contributed by atoms with Gasteiger partial charge in [-0.3, -0.25) is 9.59 Å². The summed E-state index contributed by atoms with van der Waals surface area (Å²) in [4.78, 5) is 24.1. The van der Waals surface area contributed by atoms with E-state index >= 15 is 0 Å². The number of fused-ring (bicyclic) bond motifs is 6. The maximum absolute atomic E-state index is 12.3. The normalized spacial score (nSPS) is 16.3. The smallest absolute Gasteiger partial charge is 0.220 e. The van der Waals surface area contributed by atoms with Gasteiger partial charge in [0.25, 0.3) is 0 Å². The first kappa shape index (κ1) is 65.2. The van der Waals surface area contributed by atoms with Crippen LogP contribution in [0.3, 0.4) is 0 Å². The lowest BCUT2D eigenvalue weighted by Crippen LogP contribution is -2.32. The highest BCUT2D eigenvalue weighted by Gasteiger charge is 2.45. The van der Waals surface area contributed by atoms with Crippen LogP contribution in [0.4, 0.5) is 0 Å². The molecule has 452 valence electrons. The Kier molecular flexibility index (Phi) is 24.1. The first-order valence-electron chi connectivity index (χ1n) is 31.8. The number of ether oxygens (including phenoxy) is 5. The molecule has 2 aliphatic rings. The Hall–Kier alpha value is -5.36. The summed E-state index contributed by atoms with van der Waals surface area (Å²) in [7, 11) is 3.64. The average molecular weight is 1130 g/mol. The fourth-order valence-electron chi connectivity index (χ4n) is 12.9. The molecule has 0 aliphatic heterocycles. The average Bonchev–Trinajstić information content (AvgIpc) is 1.89. The summed E-state index contributed by atoms with van der Waals surface area (Å²) in [5.74, 6) is 0.548. The maximum Gasteiger partial charge on any atom is 0.220 e. The van der Waals surface area contributed by atoms with Crippen LogP contribution in [0, 0.1) is 0 Å². The van der Waals surface area contributed by atoms with E-state index in [4.69, 9.17) is 29.4 Å². The van der Waals surface area contributed by atoms with Gasteiger partial charge in [-0.05, 0) is 183 Å². The number of unbranched alkanes of at least 4 members (excludes halogenated alkanes) is 1. The molecule has 2 amide bonds. The molecule has 5 aromatic carbocycles. The van der Waals surface area contributed by atoms with Gasteiger partial charge >= 0.3 is 0 Å². The Balaban J connectivity index is 1.18. The number of amides is 2. The molecule has 0 radical (unpaired) electrons. The van der Waals surface area contributed by atoms with Gasteiger partial charge in [-0.15, -0.1) is 0 Å². The Morgan fingerprint density at radius 3 is 1.81 bits per heavy atom. The monoisotopic (exact) mass is 1130 g/mol. The number of hydrogen-bond donors (Lipinski definition) is 3. The standard InChI is InChI=1S/C73H103N3O7/c1-12-21-60(80-11)38-47-83-72(9,14-3)39-20-41-73(40-19-22-52(4)81-46-37-59(13-2)79-10)66-50-57(70(5,6)55-25-30-61(31-26-55)82-45-18-17-43-75-68(77)35-36-69(78)76-44-42-74)28-33-64(66)65-34-29-58(51-67(65)73)71(7,8)56-27-32-63-54(49-56)48-53-23-15-16-24-62(53)63/h15-16,23-34,49-52,59-60H,12-14,17-22,35-48,74H2,1-11H3,(H,75,77)(H,76,78). The molecule has 0 bridgehead atoms. The largest absolute Gasteiger partial charge is 0.494 e. The summed E-state index contributed by atoms with van der Waals surface area (Å²) in [6.07, 6.45) is 15.3. The van der Waals surface area contributed by atoms with Gasteiger partial charge in [0, 0.05) is 76.2 Å². The van der Waals surface area contributed by atoms with Gasteiger partial charge in [0.15, 0.2) is 0 Å². The lowest BCUT2D eigenvalue weighted by atomic mass is 9.67. The number of hydrogen-bond acceptors (Lipinski definition) is 8. The quantitative estimate of drug-likeness (QED) is 0.0329. The van der Waals surface area contributed by atoms with E-state index in [-0.39, 0.29) is 64.8 Å². The first-order chi connectivity index (χ1) is 39.9. The fraction of sp³-hybridized carbons (Fsp3) is 0.562. The molecular weight excluding hydrogens is 1030 g/mol. The van der Waals surface area contributed by atoms with E-state index in [1.165, 1.54) is 66.8 Å². The van der Waals surface area contributed by atoms with Gasteiger partial charge in [-0.25, -0.2) is 0 Å². The van der Waals surface area contributed by atoms with Crippen molar-refractivity contribution in [1.29, 1.82) is 0 Å². The highest BCUT2D eigenvalue weighted by molar-refractivity contribution is 5.84. The molecule has 0 saturated heterocycles. The van der Waals surface area contributed by atoms with Gasteiger partial charge in [-0.2, -0.15) is 0 Å². The number of rotatable bonds is 37. The molecule has 10 nitrogen and oxygen atoms in total. The van der Waals surface area contributed by atoms with Crippen LogP contribution in [0.15, 0.2) is 103 Å². The van der Waals surface area contributed by atoms with Crippen molar-refractivity contribution in [3.05, 3.63) is 148 Å². The molecule has 5 atom stereocenters. The minimum atomic E-state index is -0.314. The molecule has 10 heteroatoms. The van der Waals surface area contributed by atoms with Gasteiger partial charge < -0.3 is 40.1 Å². The van der Waals surface area contributed by atoms with Gasteiger partial charge in [0.2, 0.25) is 11.8 Å². The number of carbonyl (C=O) groups excluding carboxylic acids is 2. The van der Waals surface area contributed by atoms with Crippen LogP contribution in [0.5, 0.6) is 5.75 Å². The van der Waals surface area contributed by atoms with Crippen LogP contribution in [0.1, 0.15) is 210 Å². The van der Waals surface area contributed by atoms with Crippen molar-refractivity contribution < 1.29 is 33.3 Å². The Bertz CT molecular complexity index is 2860. The summed E-state index contributed by atoms with van der Waals surface area (Å²) in [5.41, 5.74) is 20.7. The van der Waals surface area contributed by atoms with E-state index in [0.717, 1.165) is 102 Å². The SMILES string of the molecule is CCCC(CCOC(C)(CC)CCCC1(CCCC(C)OCCC(CC)OC)c2cc(C(C)(C)c3ccc(OCCCCNC(=O)CCC(=O)NCCN)cc3)ccc2-c2ccc(C(C)(C)c3ccc4c(c3)Cc3ccccc3-4)cc21)OC. The third kappa shape index (κ3) is 16.5. The molecule has 0 fully saturated rings. The molecule has 2 aliphatic carbocycles. The summed E-state index contributed by atoms with van der Waals surface area (Å²) in [6, 6.07) is 39.6. The van der Waals surface area contributed by atoms with Gasteiger partial charge in [0.1, 0.15) is 5.75 Å². The second kappa shape index (κ2) is 30.6. The third-order valence-corrected chi connectivity index (χ3v) is 18.8. The van der Waals surface area contributed by atoms with Crippen LogP contribution in [0.25, 0.3) is 22.3 Å². The van der Waals surface area contributed by atoms with Crippen LogP contribution < -0.4 is 21.1 Å². The van der Waals surface area contributed by atoms with E-state index in [1.54, 1.807) is 7.11 Å². The predicted molar refractivity (Wildman–Crippen MR) is 341 cm³/mol. The zero-order chi connectivity index (χ0) is 59.6. The molecule has 0 heterocycles. The molecule has 0 aromatic heterocycles. The van der Waals surface area contributed by atoms with Crippen molar-refractivity contribution in [2.45, 2.75) is 212 Å². The summed E-state index contributed by atoms with van der Waals surface area (Å²) >= 11 is 0. The van der Waals surface area contributed by atoms with Crippen LogP contribution in [-0.2, 0) is 51.2 Å². The fourth-order valence-corrected chi connectivity index (χ4v) is 12.9. The van der Waals surface area contributed by atoms with Crippen molar-refractivity contribution in [3.63, 3.8) is 0 Å². The minimum Gasteiger partial charge on any atom is -0.494 e. The van der Waals surface area contributed by atoms with Crippen molar-refractivity contribution in [1.82, 2.24) is 10.6 Å². The number of methoxy groups -OCH3 is 2. The topological polar surface area (TPSA) is 130 Å². The van der Waals surface area contributed by atoms with Crippen LogP contribution in [-0.4, -0.2) is 89.4 Å². The number of benzene rings is 5. The van der Waals surface area contributed by atoms with E-state index < -0.39 is 0 Å². The second-order valence-electron chi connectivity index (χ2n) is 25.2. The molecule has 7 rings (SSSR count). The van der Waals surface area contributed by atoms with Crippen LogP contribution >= 0.6 is 0 Å². The third-order valence-electron chi connectivity index (χ3n) is 18.8. The number of carbonyl (C=O) groups is 2. The predicted octanol–water partition coefficient (Wildman–Crippen LogP) is 15.3. The minimum absolute atomic E-state index is 0.123. The first-order valence-corrected chi connectivity index (χ1v) is 31.8. The van der Waals surface area contributed by atoms with E-state index in [2.05, 4.69) is 176 Å². The number of nitrogens with two attached hydrogens (primary N) is 1. The maximum atomic E-state index is 12.3. The summed E-state index contributed by atoms with van der Waals surface area (Å²) < 4.78 is 31.2. The summed E-state index contributed by atoms with van der Waals surface area (Å²) in [5, 5.41) is 5.63. The zero-order valence-electron chi connectivity index (χ0n) is 52.7. The molecular formula is C73H103N3O7. The van der Waals surface area contributed by atoms with Crippen LogP contribution in [0.2, 0.25) is 0 Å². The lowest BCUT2D eigenvalue weighted by molar-refractivity contribution is -0.126. The molecule has 0 saturated carbocycles. The molecule has 0 spiro atoms.